The molecule has 3 rings (SSSR count). The van der Waals surface area contributed by atoms with Crippen LogP contribution in [-0.4, -0.2) is 15.9 Å². The average molecular weight is 409 g/mol. The topological polar surface area (TPSA) is 128 Å². The Morgan fingerprint density at radius 2 is 1.86 bits per heavy atom. The van der Waals surface area contributed by atoms with E-state index in [9.17, 15) is 25.3 Å². The van der Waals surface area contributed by atoms with Crippen LogP contribution in [0.5, 0.6) is 5.75 Å². The highest BCUT2D eigenvalue weighted by Crippen LogP contribution is 2.30. The molecule has 0 saturated carbocycles. The van der Waals surface area contributed by atoms with Crippen molar-refractivity contribution in [2.75, 3.05) is 10.6 Å². The predicted molar refractivity (Wildman–Crippen MR) is 110 cm³/mol. The number of hydrogen-bond acceptors (Lipinski definition) is 6. The van der Waals surface area contributed by atoms with E-state index in [1.54, 1.807) is 42.5 Å². The van der Waals surface area contributed by atoms with Gasteiger partial charge >= 0.3 is 0 Å². The van der Waals surface area contributed by atoms with E-state index in [1.807, 2.05) is 0 Å². The standard InChI is InChI=1S/C20H13ClN4O4/c21-16-8-7-13(25(28)29)9-18(16)24-20(27)12(10-22)11-23-17-5-1-4-15-14(17)3-2-6-19(15)26/h1-9,11,23,26H,(H,24,27)/b12-11-. The summed E-state index contributed by atoms with van der Waals surface area (Å²) in [7, 11) is 0. The Bertz CT molecular complexity index is 1200. The molecule has 3 aromatic carbocycles. The minimum atomic E-state index is -0.787. The van der Waals surface area contributed by atoms with Crippen LogP contribution in [0.1, 0.15) is 0 Å². The maximum Gasteiger partial charge on any atom is 0.271 e. The second kappa shape index (κ2) is 8.29. The van der Waals surface area contributed by atoms with Crippen molar-refractivity contribution in [2.24, 2.45) is 0 Å². The first kappa shape index (κ1) is 19.7. The predicted octanol–water partition coefficient (Wildman–Crippen LogP) is 4.57. The molecule has 0 aliphatic rings. The lowest BCUT2D eigenvalue weighted by molar-refractivity contribution is -0.384. The van der Waals surface area contributed by atoms with Crippen molar-refractivity contribution in [1.82, 2.24) is 0 Å². The first-order chi connectivity index (χ1) is 13.9. The summed E-state index contributed by atoms with van der Waals surface area (Å²) in [6, 6.07) is 15.6. The van der Waals surface area contributed by atoms with Crippen molar-refractivity contribution in [2.45, 2.75) is 0 Å². The van der Waals surface area contributed by atoms with Gasteiger partial charge < -0.3 is 15.7 Å². The number of aromatic hydroxyl groups is 1. The lowest BCUT2D eigenvalue weighted by atomic mass is 10.1. The molecule has 0 aromatic heterocycles. The molecule has 144 valence electrons. The summed E-state index contributed by atoms with van der Waals surface area (Å²) in [4.78, 5) is 22.7. The Kier molecular flexibility index (Phi) is 5.62. The molecule has 0 aliphatic heterocycles. The number of nitro benzene ring substituents is 1. The normalized spacial score (nSPS) is 11.0. The number of benzene rings is 3. The molecule has 1 amide bonds. The van der Waals surface area contributed by atoms with Crippen LogP contribution in [-0.2, 0) is 4.79 Å². The molecular formula is C20H13ClN4O4. The summed E-state index contributed by atoms with van der Waals surface area (Å²) in [5.74, 6) is -0.681. The van der Waals surface area contributed by atoms with Gasteiger partial charge in [0.1, 0.15) is 17.4 Å². The number of nitriles is 1. The quantitative estimate of drug-likeness (QED) is 0.245. The third-order valence-corrected chi connectivity index (χ3v) is 4.37. The van der Waals surface area contributed by atoms with Crippen molar-refractivity contribution in [1.29, 1.82) is 5.26 Å². The maximum atomic E-state index is 12.4. The minimum Gasteiger partial charge on any atom is -0.507 e. The largest absolute Gasteiger partial charge is 0.507 e. The molecule has 0 atom stereocenters. The Morgan fingerprint density at radius 1 is 1.14 bits per heavy atom. The number of fused-ring (bicyclic) bond motifs is 1. The van der Waals surface area contributed by atoms with E-state index >= 15 is 0 Å². The number of nitrogens with one attached hydrogen (secondary N) is 2. The minimum absolute atomic E-state index is 0.0158. The average Bonchev–Trinajstić information content (AvgIpc) is 2.70. The van der Waals surface area contributed by atoms with Gasteiger partial charge in [-0.2, -0.15) is 5.26 Å². The van der Waals surface area contributed by atoms with Crippen molar-refractivity contribution in [3.05, 3.63) is 81.5 Å². The fraction of sp³-hybridized carbons (Fsp3) is 0. The molecule has 29 heavy (non-hydrogen) atoms. The van der Waals surface area contributed by atoms with Crippen LogP contribution in [0.2, 0.25) is 5.02 Å². The number of nitrogens with zero attached hydrogens (tertiary/aromatic N) is 2. The van der Waals surface area contributed by atoms with E-state index in [0.717, 1.165) is 6.07 Å². The summed E-state index contributed by atoms with van der Waals surface area (Å²) in [5.41, 5.74) is 0.0695. The highest BCUT2D eigenvalue weighted by Gasteiger charge is 2.15. The number of carbonyl (C=O) groups is 1. The Hall–Kier alpha value is -4.09. The molecule has 0 aliphatic carbocycles. The molecule has 3 aromatic rings. The molecular weight excluding hydrogens is 396 g/mol. The zero-order valence-electron chi connectivity index (χ0n) is 14.7. The van der Waals surface area contributed by atoms with E-state index < -0.39 is 10.8 Å². The van der Waals surface area contributed by atoms with E-state index in [4.69, 9.17) is 11.6 Å². The van der Waals surface area contributed by atoms with Crippen molar-refractivity contribution in [3.8, 4) is 11.8 Å². The fourth-order valence-corrected chi connectivity index (χ4v) is 2.79. The number of phenols is 1. The van der Waals surface area contributed by atoms with Crippen LogP contribution < -0.4 is 10.6 Å². The molecule has 0 radical (unpaired) electrons. The lowest BCUT2D eigenvalue weighted by Gasteiger charge is -2.09. The Balaban J connectivity index is 1.85. The van der Waals surface area contributed by atoms with Crippen LogP contribution in [0.15, 0.2) is 66.4 Å². The number of non-ortho nitro benzene ring substituents is 1. The van der Waals surface area contributed by atoms with Gasteiger partial charge in [0.05, 0.1) is 15.6 Å². The van der Waals surface area contributed by atoms with Gasteiger partial charge in [-0.05, 0) is 18.2 Å². The van der Waals surface area contributed by atoms with Crippen LogP contribution in [0.4, 0.5) is 17.1 Å². The summed E-state index contributed by atoms with van der Waals surface area (Å²) in [6.45, 7) is 0. The van der Waals surface area contributed by atoms with Crippen LogP contribution in [0.25, 0.3) is 10.8 Å². The molecule has 9 heteroatoms. The van der Waals surface area contributed by atoms with Crippen molar-refractivity contribution in [3.63, 3.8) is 0 Å². The molecule has 3 N–H and O–H groups in total. The number of amides is 1. The summed E-state index contributed by atoms with van der Waals surface area (Å²) >= 11 is 5.97. The van der Waals surface area contributed by atoms with Crippen LogP contribution in [0.3, 0.4) is 0 Å². The summed E-state index contributed by atoms with van der Waals surface area (Å²) in [5, 5.41) is 36.8. The first-order valence-electron chi connectivity index (χ1n) is 8.23. The number of phenolic OH excluding ortho intramolecular Hbond substituents is 1. The molecule has 0 saturated heterocycles. The van der Waals surface area contributed by atoms with Crippen LogP contribution >= 0.6 is 11.6 Å². The molecule has 8 nitrogen and oxygen atoms in total. The fourth-order valence-electron chi connectivity index (χ4n) is 2.63. The summed E-state index contributed by atoms with van der Waals surface area (Å²) < 4.78 is 0. The highest BCUT2D eigenvalue weighted by atomic mass is 35.5. The van der Waals surface area contributed by atoms with Gasteiger partial charge in [-0.1, -0.05) is 35.9 Å². The van der Waals surface area contributed by atoms with Gasteiger partial charge in [0.15, 0.2) is 0 Å². The van der Waals surface area contributed by atoms with Crippen molar-refractivity contribution < 1.29 is 14.8 Å². The lowest BCUT2D eigenvalue weighted by Crippen LogP contribution is -2.15. The second-order valence-electron chi connectivity index (χ2n) is 5.87. The highest BCUT2D eigenvalue weighted by molar-refractivity contribution is 6.34. The third-order valence-electron chi connectivity index (χ3n) is 4.05. The van der Waals surface area contributed by atoms with Gasteiger partial charge in [-0.25, -0.2) is 0 Å². The van der Waals surface area contributed by atoms with E-state index in [0.29, 0.717) is 16.5 Å². The first-order valence-corrected chi connectivity index (χ1v) is 8.61. The number of carbonyl (C=O) groups excluding carboxylic acids is 1. The van der Waals surface area contributed by atoms with Gasteiger partial charge in [-0.3, -0.25) is 14.9 Å². The number of anilines is 2. The van der Waals surface area contributed by atoms with Crippen LogP contribution in [0, 0.1) is 21.4 Å². The number of halogens is 1. The molecule has 0 spiro atoms. The molecule has 0 unspecified atom stereocenters. The maximum absolute atomic E-state index is 12.4. The Labute approximate surface area is 169 Å². The van der Waals surface area contributed by atoms with Gasteiger partial charge in [0, 0.05) is 34.8 Å². The third kappa shape index (κ3) is 4.26. The van der Waals surface area contributed by atoms with E-state index in [1.165, 1.54) is 18.3 Å². The second-order valence-corrected chi connectivity index (χ2v) is 6.27. The summed E-state index contributed by atoms with van der Waals surface area (Å²) in [6.07, 6.45) is 1.21. The van der Waals surface area contributed by atoms with Crippen molar-refractivity contribution >= 4 is 45.3 Å². The van der Waals surface area contributed by atoms with Gasteiger partial charge in [-0.15, -0.1) is 0 Å². The number of rotatable bonds is 5. The molecule has 0 bridgehead atoms. The number of hydrogen-bond donors (Lipinski definition) is 3. The van der Waals surface area contributed by atoms with E-state index in [-0.39, 0.29) is 27.7 Å². The monoisotopic (exact) mass is 408 g/mol. The van der Waals surface area contributed by atoms with E-state index in [2.05, 4.69) is 10.6 Å². The number of nitro groups is 1. The zero-order valence-corrected chi connectivity index (χ0v) is 15.5. The molecule has 0 fully saturated rings. The molecule has 0 heterocycles. The van der Waals surface area contributed by atoms with Gasteiger partial charge in [0.25, 0.3) is 11.6 Å². The zero-order chi connectivity index (χ0) is 21.0. The smallest absolute Gasteiger partial charge is 0.271 e. The SMILES string of the molecule is N#C/C(=C/Nc1cccc2c(O)cccc12)C(=O)Nc1cc([N+](=O)[O-])ccc1Cl. The Morgan fingerprint density at radius 3 is 2.59 bits per heavy atom. The van der Waals surface area contributed by atoms with Gasteiger partial charge in [0.2, 0.25) is 0 Å².